The predicted molar refractivity (Wildman–Crippen MR) is 75.1 cm³/mol. The summed E-state index contributed by atoms with van der Waals surface area (Å²) in [6.45, 7) is 5.28. The molecule has 0 spiro atoms. The second-order valence-electron chi connectivity index (χ2n) is 3.63. The van der Waals surface area contributed by atoms with E-state index >= 15 is 0 Å². The summed E-state index contributed by atoms with van der Waals surface area (Å²) in [7, 11) is 0. The first-order chi connectivity index (χ1) is 7.68. The van der Waals surface area contributed by atoms with E-state index in [1.54, 1.807) is 12.1 Å². The zero-order valence-corrected chi connectivity index (χ0v) is 11.6. The van der Waals surface area contributed by atoms with Gasteiger partial charge in [0.25, 0.3) is 0 Å². The zero-order valence-electron chi connectivity index (χ0n) is 10.00. The van der Waals surface area contributed by atoms with Gasteiger partial charge < -0.3 is 10.1 Å². The summed E-state index contributed by atoms with van der Waals surface area (Å²) in [6, 6.07) is 7.72. The van der Waals surface area contributed by atoms with Gasteiger partial charge in [-0.25, -0.2) is 0 Å². The van der Waals surface area contributed by atoms with Crippen LogP contribution in [0.15, 0.2) is 24.3 Å². The molecular formula is C13H17Cl2NO. The van der Waals surface area contributed by atoms with Crippen LogP contribution < -0.4 is 10.1 Å². The molecule has 0 aliphatic carbocycles. The van der Waals surface area contributed by atoms with Crippen LogP contribution in [0.1, 0.15) is 13.8 Å². The van der Waals surface area contributed by atoms with Crippen LogP contribution in [-0.4, -0.2) is 19.2 Å². The predicted octanol–water partition coefficient (Wildman–Crippen LogP) is 3.14. The lowest BCUT2D eigenvalue weighted by Gasteiger charge is -2.02. The summed E-state index contributed by atoms with van der Waals surface area (Å²) in [6.07, 6.45) is 0. The lowest BCUT2D eigenvalue weighted by atomic mass is 10.3. The fourth-order valence-corrected chi connectivity index (χ4v) is 1.14. The van der Waals surface area contributed by atoms with E-state index in [4.69, 9.17) is 16.3 Å². The maximum atomic E-state index is 5.75. The Morgan fingerprint density at radius 2 is 1.88 bits per heavy atom. The van der Waals surface area contributed by atoms with Crippen LogP contribution >= 0.6 is 24.0 Å². The molecule has 0 amide bonds. The smallest absolute Gasteiger partial charge is 0.149 e. The van der Waals surface area contributed by atoms with Crippen molar-refractivity contribution >= 4 is 24.0 Å². The van der Waals surface area contributed by atoms with Crippen LogP contribution in [0.3, 0.4) is 0 Å². The Hall–Kier alpha value is -0.880. The Balaban J connectivity index is 0.00000256. The molecule has 1 aromatic rings. The maximum absolute atomic E-state index is 5.75. The molecule has 0 aromatic heterocycles. The van der Waals surface area contributed by atoms with Crippen molar-refractivity contribution in [3.8, 4) is 17.6 Å². The fraction of sp³-hybridized carbons (Fsp3) is 0.385. The highest BCUT2D eigenvalue weighted by Crippen LogP contribution is 2.14. The van der Waals surface area contributed by atoms with Crippen molar-refractivity contribution in [2.24, 2.45) is 0 Å². The van der Waals surface area contributed by atoms with Gasteiger partial charge in [-0.3, -0.25) is 0 Å². The summed E-state index contributed by atoms with van der Waals surface area (Å²) < 4.78 is 5.41. The molecule has 0 aliphatic heterocycles. The van der Waals surface area contributed by atoms with E-state index in [0.29, 0.717) is 24.2 Å². The Morgan fingerprint density at radius 1 is 1.24 bits per heavy atom. The molecule has 0 atom stereocenters. The van der Waals surface area contributed by atoms with Crippen molar-refractivity contribution in [1.29, 1.82) is 0 Å². The van der Waals surface area contributed by atoms with Crippen LogP contribution in [-0.2, 0) is 0 Å². The van der Waals surface area contributed by atoms with Crippen molar-refractivity contribution in [3.63, 3.8) is 0 Å². The Kier molecular flexibility index (Phi) is 8.71. The summed E-state index contributed by atoms with van der Waals surface area (Å²) in [5.74, 6) is 6.71. The van der Waals surface area contributed by atoms with Crippen molar-refractivity contribution < 1.29 is 4.74 Å². The van der Waals surface area contributed by atoms with Crippen LogP contribution in [0.4, 0.5) is 0 Å². The second kappa shape index (κ2) is 9.18. The van der Waals surface area contributed by atoms with E-state index in [1.165, 1.54) is 0 Å². The molecule has 17 heavy (non-hydrogen) atoms. The first-order valence-corrected chi connectivity index (χ1v) is 5.64. The van der Waals surface area contributed by atoms with Gasteiger partial charge in [-0.15, -0.1) is 12.4 Å². The van der Waals surface area contributed by atoms with Crippen molar-refractivity contribution in [3.05, 3.63) is 29.3 Å². The molecule has 1 rings (SSSR count). The quantitative estimate of drug-likeness (QED) is 0.852. The van der Waals surface area contributed by atoms with E-state index in [9.17, 15) is 0 Å². The van der Waals surface area contributed by atoms with E-state index in [-0.39, 0.29) is 12.4 Å². The van der Waals surface area contributed by atoms with E-state index in [0.717, 1.165) is 5.75 Å². The highest BCUT2D eigenvalue weighted by molar-refractivity contribution is 6.30. The third kappa shape index (κ3) is 7.93. The minimum absolute atomic E-state index is 0. The number of nitrogens with one attached hydrogen (secondary N) is 1. The SMILES string of the molecule is CC(C)NCC#CCOc1ccc(Cl)cc1.Cl. The normalized spacial score (nSPS) is 9.18. The number of hydrogen-bond acceptors (Lipinski definition) is 2. The minimum atomic E-state index is 0. The minimum Gasteiger partial charge on any atom is -0.481 e. The number of hydrogen-bond donors (Lipinski definition) is 1. The summed E-state index contributed by atoms with van der Waals surface area (Å²) >= 11 is 5.75. The number of rotatable bonds is 4. The average molecular weight is 274 g/mol. The Labute approximate surface area is 114 Å². The molecule has 1 N–H and O–H groups in total. The van der Waals surface area contributed by atoms with Crippen molar-refractivity contribution in [2.75, 3.05) is 13.2 Å². The van der Waals surface area contributed by atoms with E-state index < -0.39 is 0 Å². The van der Waals surface area contributed by atoms with Gasteiger partial charge in [0.1, 0.15) is 12.4 Å². The molecule has 1 aromatic carbocycles. The van der Waals surface area contributed by atoms with Crippen LogP contribution in [0.25, 0.3) is 0 Å². The monoisotopic (exact) mass is 273 g/mol. The van der Waals surface area contributed by atoms with Gasteiger partial charge in [0.2, 0.25) is 0 Å². The zero-order chi connectivity index (χ0) is 11.8. The molecule has 0 saturated carbocycles. The molecule has 0 bridgehead atoms. The average Bonchev–Trinajstić information content (AvgIpc) is 2.25. The number of ether oxygens (including phenoxy) is 1. The number of halogens is 2. The summed E-state index contributed by atoms with van der Waals surface area (Å²) in [5.41, 5.74) is 0. The van der Waals surface area contributed by atoms with Gasteiger partial charge >= 0.3 is 0 Å². The first kappa shape index (κ1) is 16.1. The summed E-state index contributed by atoms with van der Waals surface area (Å²) in [4.78, 5) is 0. The molecule has 94 valence electrons. The molecule has 2 nitrogen and oxygen atoms in total. The lowest BCUT2D eigenvalue weighted by Crippen LogP contribution is -2.22. The lowest BCUT2D eigenvalue weighted by molar-refractivity contribution is 0.370. The van der Waals surface area contributed by atoms with Gasteiger partial charge in [-0.05, 0) is 38.1 Å². The van der Waals surface area contributed by atoms with Gasteiger partial charge in [0, 0.05) is 11.1 Å². The number of benzene rings is 1. The highest BCUT2D eigenvalue weighted by atomic mass is 35.5. The molecule has 0 saturated heterocycles. The molecule has 4 heteroatoms. The molecular weight excluding hydrogens is 257 g/mol. The van der Waals surface area contributed by atoms with Crippen LogP contribution in [0, 0.1) is 11.8 Å². The van der Waals surface area contributed by atoms with Gasteiger partial charge in [-0.1, -0.05) is 23.4 Å². The maximum Gasteiger partial charge on any atom is 0.149 e. The van der Waals surface area contributed by atoms with Gasteiger partial charge in [-0.2, -0.15) is 0 Å². The van der Waals surface area contributed by atoms with Crippen molar-refractivity contribution in [1.82, 2.24) is 5.32 Å². The first-order valence-electron chi connectivity index (χ1n) is 5.26. The second-order valence-corrected chi connectivity index (χ2v) is 4.07. The molecule has 0 radical (unpaired) electrons. The Bertz CT molecular complexity index is 365. The van der Waals surface area contributed by atoms with Gasteiger partial charge in [0.15, 0.2) is 0 Å². The van der Waals surface area contributed by atoms with E-state index in [2.05, 4.69) is 31.0 Å². The molecule has 0 heterocycles. The molecule has 0 unspecified atom stereocenters. The highest BCUT2D eigenvalue weighted by Gasteiger charge is 1.91. The fourth-order valence-electron chi connectivity index (χ4n) is 1.02. The largest absolute Gasteiger partial charge is 0.481 e. The van der Waals surface area contributed by atoms with Crippen molar-refractivity contribution in [2.45, 2.75) is 19.9 Å². The van der Waals surface area contributed by atoms with Crippen LogP contribution in [0.2, 0.25) is 5.02 Å². The molecule has 0 fully saturated rings. The van der Waals surface area contributed by atoms with Gasteiger partial charge in [0.05, 0.1) is 6.54 Å². The summed E-state index contributed by atoms with van der Waals surface area (Å²) in [5, 5.41) is 3.91. The molecule has 0 aliphatic rings. The van der Waals surface area contributed by atoms with Crippen LogP contribution in [0.5, 0.6) is 5.75 Å². The topological polar surface area (TPSA) is 21.3 Å². The standard InChI is InChI=1S/C13H16ClNO.ClH/c1-11(2)15-9-3-4-10-16-13-7-5-12(14)6-8-13;/h5-8,11,15H,9-10H2,1-2H3;1H. The Morgan fingerprint density at radius 3 is 2.47 bits per heavy atom. The van der Waals surface area contributed by atoms with E-state index in [1.807, 2.05) is 12.1 Å². The third-order valence-electron chi connectivity index (χ3n) is 1.85. The third-order valence-corrected chi connectivity index (χ3v) is 2.10.